The molecule has 2 aromatic heterocycles. The lowest BCUT2D eigenvalue weighted by Crippen LogP contribution is -2.09. The number of pyridine rings is 2. The van der Waals surface area contributed by atoms with Crippen molar-refractivity contribution in [2.75, 3.05) is 6.61 Å². The molecule has 26 heavy (non-hydrogen) atoms. The Hall–Kier alpha value is -2.99. The van der Waals surface area contributed by atoms with Gasteiger partial charge in [0.2, 0.25) is 5.88 Å². The third kappa shape index (κ3) is 3.97. The van der Waals surface area contributed by atoms with Gasteiger partial charge in [-0.05, 0) is 60.7 Å². The second kappa shape index (κ2) is 7.93. The normalized spacial score (nSPS) is 10.8. The number of phenols is 1. The summed E-state index contributed by atoms with van der Waals surface area (Å²) in [5.74, 6) is 0.0780. The zero-order valence-corrected chi connectivity index (χ0v) is 14.5. The minimum Gasteiger partial charge on any atom is -0.508 e. The number of aryl methyl sites for hydroxylation is 1. The molecule has 3 aromatic rings. The van der Waals surface area contributed by atoms with E-state index in [1.54, 1.807) is 18.3 Å². The van der Waals surface area contributed by atoms with E-state index in [2.05, 4.69) is 9.97 Å². The van der Waals surface area contributed by atoms with E-state index >= 15 is 0 Å². The zero-order chi connectivity index (χ0) is 18.5. The highest BCUT2D eigenvalue weighted by Crippen LogP contribution is 2.30. The van der Waals surface area contributed by atoms with Crippen molar-refractivity contribution < 1.29 is 19.7 Å². The fourth-order valence-electron chi connectivity index (χ4n) is 2.69. The Morgan fingerprint density at radius 1 is 1.15 bits per heavy atom. The number of phenolic OH excluding ortho intramolecular Hbond substituents is 1. The third-order valence-corrected chi connectivity index (χ3v) is 4.09. The van der Waals surface area contributed by atoms with E-state index in [1.165, 1.54) is 0 Å². The van der Waals surface area contributed by atoms with Crippen LogP contribution in [0.4, 0.5) is 0 Å². The molecule has 0 fully saturated rings. The minimum atomic E-state index is -0.379. The van der Waals surface area contributed by atoms with Crippen molar-refractivity contribution in [3.05, 3.63) is 48.2 Å². The molecule has 0 saturated carbocycles. The predicted octanol–water partition coefficient (Wildman–Crippen LogP) is 3.38. The van der Waals surface area contributed by atoms with Crippen molar-refractivity contribution in [2.45, 2.75) is 26.2 Å². The molecule has 0 radical (unpaired) electrons. The topological polar surface area (TPSA) is 92.5 Å². The molecule has 0 saturated heterocycles. The average molecular weight is 352 g/mol. The SMILES string of the molecule is Cc1cc(-c2ccnc3nc(OC(=O)CCCCO)ccc23)ccc1O. The highest BCUT2D eigenvalue weighted by atomic mass is 16.5. The fraction of sp³-hybridized carbons (Fsp3) is 0.250. The van der Waals surface area contributed by atoms with E-state index in [1.807, 2.05) is 31.2 Å². The number of benzene rings is 1. The van der Waals surface area contributed by atoms with Gasteiger partial charge in [-0.2, -0.15) is 4.98 Å². The summed E-state index contributed by atoms with van der Waals surface area (Å²) in [6.07, 6.45) is 3.03. The van der Waals surface area contributed by atoms with Crippen molar-refractivity contribution >= 4 is 17.0 Å². The van der Waals surface area contributed by atoms with Gasteiger partial charge in [-0.3, -0.25) is 4.79 Å². The van der Waals surface area contributed by atoms with Crippen LogP contribution >= 0.6 is 0 Å². The van der Waals surface area contributed by atoms with Crippen LogP contribution in [-0.2, 0) is 4.79 Å². The summed E-state index contributed by atoms with van der Waals surface area (Å²) in [6, 6.07) is 10.8. The van der Waals surface area contributed by atoms with Crippen LogP contribution in [-0.4, -0.2) is 32.8 Å². The second-order valence-corrected chi connectivity index (χ2v) is 6.04. The lowest BCUT2D eigenvalue weighted by atomic mass is 10.0. The molecule has 0 unspecified atom stereocenters. The monoisotopic (exact) mass is 352 g/mol. The van der Waals surface area contributed by atoms with Crippen LogP contribution in [0.3, 0.4) is 0 Å². The summed E-state index contributed by atoms with van der Waals surface area (Å²) >= 11 is 0. The van der Waals surface area contributed by atoms with Gasteiger partial charge in [-0.15, -0.1) is 0 Å². The highest BCUT2D eigenvalue weighted by molar-refractivity contribution is 5.93. The van der Waals surface area contributed by atoms with Gasteiger partial charge in [0, 0.05) is 30.7 Å². The number of rotatable bonds is 6. The van der Waals surface area contributed by atoms with Gasteiger partial charge in [0.25, 0.3) is 0 Å². The lowest BCUT2D eigenvalue weighted by Gasteiger charge is -2.09. The number of aromatic nitrogens is 2. The molecule has 2 heterocycles. The van der Waals surface area contributed by atoms with Crippen LogP contribution in [0.15, 0.2) is 42.6 Å². The quantitative estimate of drug-likeness (QED) is 0.522. The molecule has 3 rings (SSSR count). The summed E-state index contributed by atoms with van der Waals surface area (Å²) in [5.41, 5.74) is 3.15. The molecule has 0 bridgehead atoms. The Labute approximate surface area is 151 Å². The lowest BCUT2D eigenvalue weighted by molar-refractivity contribution is -0.134. The summed E-state index contributed by atoms with van der Waals surface area (Å²) in [5, 5.41) is 19.3. The smallest absolute Gasteiger partial charge is 0.312 e. The van der Waals surface area contributed by atoms with Crippen LogP contribution in [0.25, 0.3) is 22.2 Å². The van der Waals surface area contributed by atoms with E-state index in [0.29, 0.717) is 18.5 Å². The number of unbranched alkanes of at least 4 members (excludes halogenated alkanes) is 1. The van der Waals surface area contributed by atoms with Crippen LogP contribution in [0.2, 0.25) is 0 Å². The highest BCUT2D eigenvalue weighted by Gasteiger charge is 2.11. The van der Waals surface area contributed by atoms with Crippen LogP contribution < -0.4 is 4.74 Å². The molecule has 0 atom stereocenters. The van der Waals surface area contributed by atoms with Gasteiger partial charge >= 0.3 is 5.97 Å². The minimum absolute atomic E-state index is 0.0605. The standard InChI is InChI=1S/C20H20N2O4/c1-13-12-14(5-7-17(13)24)15-9-10-21-20-16(15)6-8-18(22-20)26-19(25)4-2-3-11-23/h5-10,12,23-24H,2-4,11H2,1H3. The first-order chi connectivity index (χ1) is 12.6. The summed E-state index contributed by atoms with van der Waals surface area (Å²) in [6.45, 7) is 1.90. The molecule has 134 valence electrons. The Morgan fingerprint density at radius 2 is 2.00 bits per heavy atom. The van der Waals surface area contributed by atoms with E-state index in [4.69, 9.17) is 9.84 Å². The van der Waals surface area contributed by atoms with Crippen LogP contribution in [0.1, 0.15) is 24.8 Å². The maximum atomic E-state index is 11.8. The molecular formula is C20H20N2O4. The number of carbonyl (C=O) groups is 1. The second-order valence-electron chi connectivity index (χ2n) is 6.04. The zero-order valence-electron chi connectivity index (χ0n) is 14.5. The van der Waals surface area contributed by atoms with Gasteiger partial charge in [0.15, 0.2) is 5.65 Å². The molecule has 0 aliphatic carbocycles. The van der Waals surface area contributed by atoms with Gasteiger partial charge in [-0.1, -0.05) is 6.07 Å². The average Bonchev–Trinajstić information content (AvgIpc) is 2.63. The first-order valence-corrected chi connectivity index (χ1v) is 8.46. The van der Waals surface area contributed by atoms with Gasteiger partial charge < -0.3 is 14.9 Å². The third-order valence-electron chi connectivity index (χ3n) is 4.09. The maximum absolute atomic E-state index is 11.8. The number of carbonyl (C=O) groups excluding carboxylic acids is 1. The molecule has 0 aliphatic heterocycles. The Bertz CT molecular complexity index is 940. The number of fused-ring (bicyclic) bond motifs is 1. The van der Waals surface area contributed by atoms with Crippen molar-refractivity contribution in [2.24, 2.45) is 0 Å². The van der Waals surface area contributed by atoms with E-state index in [0.717, 1.165) is 22.1 Å². The van der Waals surface area contributed by atoms with Crippen LogP contribution in [0, 0.1) is 6.92 Å². The molecule has 6 heteroatoms. The Kier molecular flexibility index (Phi) is 5.43. The predicted molar refractivity (Wildman–Crippen MR) is 97.9 cm³/mol. The Balaban J connectivity index is 1.87. The first-order valence-electron chi connectivity index (χ1n) is 8.46. The summed E-state index contributed by atoms with van der Waals surface area (Å²) < 4.78 is 5.24. The first kappa shape index (κ1) is 17.8. The van der Waals surface area contributed by atoms with Crippen LogP contribution in [0.5, 0.6) is 11.6 Å². The number of nitrogens with zero attached hydrogens (tertiary/aromatic N) is 2. The summed E-state index contributed by atoms with van der Waals surface area (Å²) in [7, 11) is 0. The number of ether oxygens (including phenoxy) is 1. The van der Waals surface area contributed by atoms with E-state index in [-0.39, 0.29) is 30.6 Å². The van der Waals surface area contributed by atoms with Gasteiger partial charge in [0.1, 0.15) is 5.75 Å². The largest absolute Gasteiger partial charge is 0.508 e. The van der Waals surface area contributed by atoms with Crippen molar-refractivity contribution in [1.29, 1.82) is 0 Å². The maximum Gasteiger partial charge on any atom is 0.312 e. The number of aliphatic hydroxyl groups excluding tert-OH is 1. The number of aliphatic hydroxyl groups is 1. The molecule has 1 aromatic carbocycles. The Morgan fingerprint density at radius 3 is 2.77 bits per heavy atom. The van der Waals surface area contributed by atoms with E-state index in [9.17, 15) is 9.90 Å². The number of hydrogen-bond donors (Lipinski definition) is 2. The molecule has 0 spiro atoms. The molecule has 2 N–H and O–H groups in total. The fourth-order valence-corrected chi connectivity index (χ4v) is 2.69. The number of aromatic hydroxyl groups is 1. The van der Waals surface area contributed by atoms with Crippen molar-refractivity contribution in [3.63, 3.8) is 0 Å². The molecule has 0 aliphatic rings. The van der Waals surface area contributed by atoms with E-state index < -0.39 is 0 Å². The molecule has 6 nitrogen and oxygen atoms in total. The number of hydrogen-bond acceptors (Lipinski definition) is 6. The van der Waals surface area contributed by atoms with Crippen molar-refractivity contribution in [1.82, 2.24) is 9.97 Å². The summed E-state index contributed by atoms with van der Waals surface area (Å²) in [4.78, 5) is 20.4. The van der Waals surface area contributed by atoms with Gasteiger partial charge in [0.05, 0.1) is 0 Å². The molecule has 0 amide bonds. The number of esters is 1. The van der Waals surface area contributed by atoms with Gasteiger partial charge in [-0.25, -0.2) is 4.98 Å². The molecular weight excluding hydrogens is 332 g/mol. The van der Waals surface area contributed by atoms with Crippen molar-refractivity contribution in [3.8, 4) is 22.8 Å².